The Morgan fingerprint density at radius 2 is 2.20 bits per heavy atom. The predicted octanol–water partition coefficient (Wildman–Crippen LogP) is 3.89. The van der Waals surface area contributed by atoms with Crippen molar-refractivity contribution < 1.29 is 14.6 Å². The summed E-state index contributed by atoms with van der Waals surface area (Å²) in [5.74, 6) is 1.16. The number of carbonyl (C=O) groups is 1. The molecule has 3 nitrogen and oxygen atoms in total. The summed E-state index contributed by atoms with van der Waals surface area (Å²) in [6.07, 6.45) is 7.05. The lowest BCUT2D eigenvalue weighted by Crippen LogP contribution is -1.98. The topological polar surface area (TPSA) is 46.5 Å². The van der Waals surface area contributed by atoms with Crippen LogP contribution in [-0.4, -0.2) is 18.0 Å². The third-order valence-electron chi connectivity index (χ3n) is 3.26. The second kappa shape index (κ2) is 8.41. The number of aromatic hydroxyl groups is 1. The number of phenols is 1. The molecule has 1 N–H and O–H groups in total. The molecule has 0 aromatic heterocycles. The number of methoxy groups -OCH3 is 1. The molecule has 1 atom stereocenters. The molecule has 0 spiro atoms. The molecule has 20 heavy (non-hydrogen) atoms. The number of benzene rings is 1. The first-order chi connectivity index (χ1) is 9.56. The molecule has 0 saturated heterocycles. The van der Waals surface area contributed by atoms with Crippen LogP contribution in [0.2, 0.25) is 0 Å². The number of rotatable bonds is 8. The van der Waals surface area contributed by atoms with Gasteiger partial charge in [-0.25, -0.2) is 0 Å². The van der Waals surface area contributed by atoms with E-state index in [-0.39, 0.29) is 11.5 Å². The van der Waals surface area contributed by atoms with Crippen LogP contribution in [0.1, 0.15) is 38.7 Å². The number of hydrogen-bond donors (Lipinski definition) is 1. The summed E-state index contributed by atoms with van der Waals surface area (Å²) >= 11 is 0. The van der Waals surface area contributed by atoms with Crippen molar-refractivity contribution in [3.8, 4) is 11.5 Å². The van der Waals surface area contributed by atoms with Crippen molar-refractivity contribution in [3.63, 3.8) is 0 Å². The van der Waals surface area contributed by atoms with Crippen LogP contribution in [0.25, 0.3) is 0 Å². The van der Waals surface area contributed by atoms with Crippen molar-refractivity contribution in [1.82, 2.24) is 0 Å². The summed E-state index contributed by atoms with van der Waals surface area (Å²) in [7, 11) is 1.52. The van der Waals surface area contributed by atoms with Crippen LogP contribution in [0.4, 0.5) is 0 Å². The van der Waals surface area contributed by atoms with E-state index in [9.17, 15) is 9.90 Å². The molecule has 110 valence electrons. The Morgan fingerprint density at radius 3 is 2.85 bits per heavy atom. The maximum absolute atomic E-state index is 11.8. The molecule has 0 amide bonds. The summed E-state index contributed by atoms with van der Waals surface area (Å²) in [5.41, 5.74) is 0.989. The Labute approximate surface area is 121 Å². The third kappa shape index (κ3) is 5.47. The number of carbonyl (C=O) groups excluding carboxylic acids is 1. The Hall–Kier alpha value is -1.77. The Kier molecular flexibility index (Phi) is 6.85. The molecule has 0 radical (unpaired) electrons. The predicted molar refractivity (Wildman–Crippen MR) is 81.2 cm³/mol. The molecular weight excluding hydrogens is 252 g/mol. The lowest BCUT2D eigenvalue weighted by Gasteiger charge is -2.06. The van der Waals surface area contributed by atoms with Crippen LogP contribution in [-0.2, 0) is 11.2 Å². The average molecular weight is 276 g/mol. The van der Waals surface area contributed by atoms with Gasteiger partial charge in [0.2, 0.25) is 0 Å². The molecular formula is C17H24O3. The first kappa shape index (κ1) is 16.3. The molecule has 0 heterocycles. The summed E-state index contributed by atoms with van der Waals surface area (Å²) < 4.78 is 5.05. The number of allylic oxidation sites excluding steroid dienone is 2. The van der Waals surface area contributed by atoms with E-state index < -0.39 is 0 Å². The van der Waals surface area contributed by atoms with Crippen LogP contribution in [0.15, 0.2) is 30.4 Å². The van der Waals surface area contributed by atoms with Crippen LogP contribution in [0.5, 0.6) is 11.5 Å². The Morgan fingerprint density at radius 1 is 1.45 bits per heavy atom. The first-order valence-electron chi connectivity index (χ1n) is 7.13. The highest BCUT2D eigenvalue weighted by Crippen LogP contribution is 2.26. The minimum atomic E-state index is 0.121. The molecule has 1 rings (SSSR count). The summed E-state index contributed by atoms with van der Waals surface area (Å²) in [6, 6.07) is 5.18. The first-order valence-corrected chi connectivity index (χ1v) is 7.13. The van der Waals surface area contributed by atoms with E-state index >= 15 is 0 Å². The van der Waals surface area contributed by atoms with Gasteiger partial charge in [0.1, 0.15) is 0 Å². The molecule has 0 aliphatic heterocycles. The largest absolute Gasteiger partial charge is 0.504 e. The second-order valence-electron chi connectivity index (χ2n) is 5.10. The molecule has 1 unspecified atom stereocenters. The molecule has 0 saturated carbocycles. The van der Waals surface area contributed by atoms with Gasteiger partial charge in [0.15, 0.2) is 17.3 Å². The summed E-state index contributed by atoms with van der Waals surface area (Å²) in [5, 5.41) is 9.51. The zero-order chi connectivity index (χ0) is 15.0. The second-order valence-corrected chi connectivity index (χ2v) is 5.10. The van der Waals surface area contributed by atoms with E-state index in [1.54, 1.807) is 18.2 Å². The van der Waals surface area contributed by atoms with Gasteiger partial charge in [0.25, 0.3) is 0 Å². The van der Waals surface area contributed by atoms with Crippen molar-refractivity contribution in [2.24, 2.45) is 5.92 Å². The highest BCUT2D eigenvalue weighted by Gasteiger charge is 2.05. The van der Waals surface area contributed by atoms with Crippen molar-refractivity contribution in [2.45, 2.75) is 39.5 Å². The van der Waals surface area contributed by atoms with Crippen molar-refractivity contribution >= 4 is 5.78 Å². The molecule has 1 aromatic rings. The van der Waals surface area contributed by atoms with Crippen molar-refractivity contribution in [2.75, 3.05) is 7.11 Å². The zero-order valence-corrected chi connectivity index (χ0v) is 12.6. The fourth-order valence-corrected chi connectivity index (χ4v) is 2.05. The van der Waals surface area contributed by atoms with Crippen molar-refractivity contribution in [3.05, 3.63) is 35.9 Å². The van der Waals surface area contributed by atoms with Gasteiger partial charge < -0.3 is 9.84 Å². The lowest BCUT2D eigenvalue weighted by molar-refractivity contribution is -0.114. The number of ketones is 1. The molecule has 0 fully saturated rings. The van der Waals surface area contributed by atoms with Gasteiger partial charge in [-0.1, -0.05) is 32.4 Å². The molecule has 0 aliphatic rings. The average Bonchev–Trinajstić information content (AvgIpc) is 2.44. The lowest BCUT2D eigenvalue weighted by atomic mass is 10.0. The van der Waals surface area contributed by atoms with Crippen LogP contribution in [0.3, 0.4) is 0 Å². The third-order valence-corrected chi connectivity index (χ3v) is 3.26. The SMILES string of the molecule is CCCC(C)/C=C/C(=O)CCc1ccc(O)c(OC)c1. The summed E-state index contributed by atoms with van der Waals surface area (Å²) in [4.78, 5) is 11.8. The molecule has 1 aromatic carbocycles. The van der Waals surface area contributed by atoms with Gasteiger partial charge in [-0.2, -0.15) is 0 Å². The van der Waals surface area contributed by atoms with E-state index in [2.05, 4.69) is 13.8 Å². The van der Waals surface area contributed by atoms with E-state index in [4.69, 9.17) is 4.74 Å². The van der Waals surface area contributed by atoms with E-state index in [1.807, 2.05) is 12.1 Å². The van der Waals surface area contributed by atoms with Gasteiger partial charge in [-0.15, -0.1) is 0 Å². The van der Waals surface area contributed by atoms with Crippen LogP contribution < -0.4 is 4.74 Å². The van der Waals surface area contributed by atoms with Crippen molar-refractivity contribution in [1.29, 1.82) is 0 Å². The summed E-state index contributed by atoms with van der Waals surface area (Å²) in [6.45, 7) is 4.27. The Bertz CT molecular complexity index is 463. The number of phenolic OH excluding ortho intramolecular Hbond substituents is 1. The van der Waals surface area contributed by atoms with Gasteiger partial charge in [0.05, 0.1) is 7.11 Å². The van der Waals surface area contributed by atoms with E-state index in [1.165, 1.54) is 7.11 Å². The highest BCUT2D eigenvalue weighted by molar-refractivity contribution is 5.89. The number of hydrogen-bond acceptors (Lipinski definition) is 3. The van der Waals surface area contributed by atoms with Crippen LogP contribution in [0, 0.1) is 5.92 Å². The fourth-order valence-electron chi connectivity index (χ4n) is 2.05. The van der Waals surface area contributed by atoms with E-state index in [0.717, 1.165) is 18.4 Å². The molecule has 3 heteroatoms. The molecule has 0 bridgehead atoms. The maximum atomic E-state index is 11.8. The zero-order valence-electron chi connectivity index (χ0n) is 12.6. The normalized spacial score (nSPS) is 12.6. The number of aryl methyl sites for hydroxylation is 1. The van der Waals surface area contributed by atoms with Gasteiger partial charge in [0, 0.05) is 6.42 Å². The number of ether oxygens (including phenoxy) is 1. The maximum Gasteiger partial charge on any atom is 0.160 e. The monoisotopic (exact) mass is 276 g/mol. The van der Waals surface area contributed by atoms with Crippen LogP contribution >= 0.6 is 0 Å². The minimum Gasteiger partial charge on any atom is -0.504 e. The minimum absolute atomic E-state index is 0.121. The van der Waals surface area contributed by atoms with E-state index in [0.29, 0.717) is 24.5 Å². The highest BCUT2D eigenvalue weighted by atomic mass is 16.5. The molecule has 0 aliphatic carbocycles. The smallest absolute Gasteiger partial charge is 0.160 e. The quantitative estimate of drug-likeness (QED) is 0.733. The van der Waals surface area contributed by atoms with Gasteiger partial charge in [-0.05, 0) is 42.5 Å². The van der Waals surface area contributed by atoms with Gasteiger partial charge >= 0.3 is 0 Å². The fraction of sp³-hybridized carbons (Fsp3) is 0.471. The standard InChI is InChI=1S/C17H24O3/c1-4-5-13(2)6-9-15(18)10-7-14-8-11-16(19)17(12-14)20-3/h6,8-9,11-13,19H,4-5,7,10H2,1-3H3/b9-6+. The Balaban J connectivity index is 2.48. The van der Waals surface area contributed by atoms with Gasteiger partial charge in [-0.3, -0.25) is 4.79 Å².